The summed E-state index contributed by atoms with van der Waals surface area (Å²) < 4.78 is 4.61. The number of nitrogens with zero attached hydrogens (tertiary/aromatic N) is 1. The number of hydrogen-bond acceptors (Lipinski definition) is 5. The van der Waals surface area contributed by atoms with Crippen LogP contribution in [0.25, 0.3) is 0 Å². The van der Waals surface area contributed by atoms with E-state index in [1.807, 2.05) is 0 Å². The van der Waals surface area contributed by atoms with E-state index in [9.17, 15) is 9.59 Å². The van der Waals surface area contributed by atoms with E-state index in [-0.39, 0.29) is 17.3 Å². The minimum absolute atomic E-state index is 0.119. The van der Waals surface area contributed by atoms with E-state index in [0.717, 1.165) is 18.0 Å². The first kappa shape index (κ1) is 13.9. The molecule has 0 radical (unpaired) electrons. The summed E-state index contributed by atoms with van der Waals surface area (Å²) in [6.45, 7) is 6.67. The van der Waals surface area contributed by atoms with Gasteiger partial charge in [0, 0.05) is 17.1 Å². The van der Waals surface area contributed by atoms with Gasteiger partial charge in [0.15, 0.2) is 0 Å². The van der Waals surface area contributed by atoms with Crippen LogP contribution in [0.1, 0.15) is 24.4 Å². The average Bonchev–Trinajstić information content (AvgIpc) is 2.66. The molecule has 0 aliphatic rings. The van der Waals surface area contributed by atoms with Crippen LogP contribution in [-0.2, 0) is 22.5 Å². The smallest absolute Gasteiger partial charge is 0.311 e. The maximum Gasteiger partial charge on any atom is 0.311 e. The summed E-state index contributed by atoms with van der Waals surface area (Å²) in [5, 5.41) is 0. The lowest BCUT2D eigenvalue weighted by molar-refractivity contribution is -0.139. The second kappa shape index (κ2) is 6.56. The number of ether oxygens (including phenoxy) is 1. The molecular formula is C11H18N2O3S. The van der Waals surface area contributed by atoms with Crippen LogP contribution >= 0.6 is 11.3 Å². The fourth-order valence-corrected chi connectivity index (χ4v) is 2.42. The average molecular weight is 258 g/mol. The molecule has 1 heterocycles. The zero-order valence-electron chi connectivity index (χ0n) is 10.4. The highest BCUT2D eigenvalue weighted by Crippen LogP contribution is 2.13. The van der Waals surface area contributed by atoms with E-state index in [1.54, 1.807) is 0 Å². The van der Waals surface area contributed by atoms with Crippen molar-refractivity contribution in [2.45, 2.75) is 26.8 Å². The third-order valence-electron chi connectivity index (χ3n) is 2.62. The van der Waals surface area contributed by atoms with Crippen molar-refractivity contribution in [2.75, 3.05) is 20.2 Å². The Hall–Kier alpha value is -1.14. The van der Waals surface area contributed by atoms with Gasteiger partial charge in [0.2, 0.25) is 0 Å². The van der Waals surface area contributed by atoms with Crippen molar-refractivity contribution in [3.8, 4) is 0 Å². The molecule has 0 saturated heterocycles. The van der Waals surface area contributed by atoms with Crippen LogP contribution in [0.15, 0.2) is 4.79 Å². The summed E-state index contributed by atoms with van der Waals surface area (Å²) in [6, 6.07) is 0. The minimum Gasteiger partial charge on any atom is -0.469 e. The van der Waals surface area contributed by atoms with Crippen LogP contribution in [0.5, 0.6) is 0 Å². The Labute approximate surface area is 104 Å². The van der Waals surface area contributed by atoms with Crippen LogP contribution in [0.4, 0.5) is 0 Å². The highest BCUT2D eigenvalue weighted by atomic mass is 32.1. The summed E-state index contributed by atoms with van der Waals surface area (Å²) in [4.78, 5) is 28.2. The van der Waals surface area contributed by atoms with E-state index in [0.29, 0.717) is 12.2 Å². The Morgan fingerprint density at radius 1 is 1.41 bits per heavy atom. The number of thiazole rings is 1. The fraction of sp³-hybridized carbons (Fsp3) is 0.636. The molecule has 0 saturated carbocycles. The SMILES string of the molecule is CCN(CC)Cc1sc(=O)[nH]c1CC(=O)OC. The minimum atomic E-state index is -0.333. The molecule has 0 fully saturated rings. The number of esters is 1. The maximum absolute atomic E-state index is 11.3. The summed E-state index contributed by atoms with van der Waals surface area (Å²) in [5.41, 5.74) is 0.679. The van der Waals surface area contributed by atoms with Gasteiger partial charge in [-0.3, -0.25) is 14.5 Å². The normalized spacial score (nSPS) is 10.8. The largest absolute Gasteiger partial charge is 0.469 e. The molecule has 1 aromatic heterocycles. The molecule has 0 bridgehead atoms. The molecule has 1 rings (SSSR count). The van der Waals surface area contributed by atoms with E-state index in [1.165, 1.54) is 18.4 Å². The van der Waals surface area contributed by atoms with Gasteiger partial charge in [-0.15, -0.1) is 0 Å². The molecular weight excluding hydrogens is 240 g/mol. The first-order valence-electron chi connectivity index (χ1n) is 5.60. The van der Waals surface area contributed by atoms with Crippen molar-refractivity contribution in [3.05, 3.63) is 20.2 Å². The number of rotatable bonds is 6. The van der Waals surface area contributed by atoms with Crippen LogP contribution in [0.2, 0.25) is 0 Å². The van der Waals surface area contributed by atoms with Crippen LogP contribution < -0.4 is 4.87 Å². The number of methoxy groups -OCH3 is 1. The zero-order valence-corrected chi connectivity index (χ0v) is 11.2. The van der Waals surface area contributed by atoms with Gasteiger partial charge in [0.05, 0.1) is 13.5 Å². The Bertz CT molecular complexity index is 421. The van der Waals surface area contributed by atoms with Gasteiger partial charge in [-0.2, -0.15) is 0 Å². The zero-order chi connectivity index (χ0) is 12.8. The van der Waals surface area contributed by atoms with Gasteiger partial charge in [0.1, 0.15) is 0 Å². The molecule has 0 atom stereocenters. The molecule has 1 aromatic rings. The first-order chi connectivity index (χ1) is 8.10. The third-order valence-corrected chi connectivity index (χ3v) is 3.53. The summed E-state index contributed by atoms with van der Waals surface area (Å²) in [6.07, 6.45) is 0.131. The van der Waals surface area contributed by atoms with Crippen molar-refractivity contribution < 1.29 is 9.53 Å². The lowest BCUT2D eigenvalue weighted by Gasteiger charge is -2.17. The standard InChI is InChI=1S/C11H18N2O3S/c1-4-13(5-2)7-9-8(6-10(14)16-3)12-11(15)17-9/h4-7H2,1-3H3,(H,12,15). The molecule has 6 heteroatoms. The van der Waals surface area contributed by atoms with Crippen molar-refractivity contribution in [3.63, 3.8) is 0 Å². The highest BCUT2D eigenvalue weighted by molar-refractivity contribution is 7.09. The number of carbonyl (C=O) groups is 1. The molecule has 0 unspecified atom stereocenters. The second-order valence-electron chi connectivity index (χ2n) is 3.63. The van der Waals surface area contributed by atoms with E-state index >= 15 is 0 Å². The van der Waals surface area contributed by atoms with Gasteiger partial charge < -0.3 is 9.72 Å². The van der Waals surface area contributed by atoms with E-state index in [2.05, 4.69) is 28.5 Å². The first-order valence-corrected chi connectivity index (χ1v) is 6.42. The Morgan fingerprint density at radius 2 is 2.06 bits per heavy atom. The number of hydrogen-bond donors (Lipinski definition) is 1. The van der Waals surface area contributed by atoms with E-state index in [4.69, 9.17) is 0 Å². The van der Waals surface area contributed by atoms with Gasteiger partial charge >= 0.3 is 10.8 Å². The topological polar surface area (TPSA) is 62.4 Å². The molecule has 17 heavy (non-hydrogen) atoms. The number of nitrogens with one attached hydrogen (secondary N) is 1. The summed E-state index contributed by atoms with van der Waals surface area (Å²) in [7, 11) is 1.34. The number of H-pyrrole nitrogens is 1. The molecule has 0 aliphatic carbocycles. The third kappa shape index (κ3) is 3.98. The predicted molar refractivity (Wildman–Crippen MR) is 67.3 cm³/mol. The van der Waals surface area contributed by atoms with Gasteiger partial charge in [-0.1, -0.05) is 25.2 Å². The molecule has 5 nitrogen and oxygen atoms in total. The highest BCUT2D eigenvalue weighted by Gasteiger charge is 2.14. The molecule has 1 N–H and O–H groups in total. The van der Waals surface area contributed by atoms with Gasteiger partial charge in [-0.05, 0) is 13.1 Å². The Morgan fingerprint density at radius 3 is 2.59 bits per heavy atom. The Balaban J connectivity index is 2.83. The molecule has 0 aliphatic heterocycles. The maximum atomic E-state index is 11.3. The quantitative estimate of drug-likeness (QED) is 0.773. The fourth-order valence-electron chi connectivity index (χ4n) is 1.53. The van der Waals surface area contributed by atoms with Crippen molar-refractivity contribution in [2.24, 2.45) is 0 Å². The lowest BCUT2D eigenvalue weighted by Crippen LogP contribution is -2.22. The monoisotopic (exact) mass is 258 g/mol. The molecule has 96 valence electrons. The van der Waals surface area contributed by atoms with Crippen LogP contribution in [0, 0.1) is 0 Å². The van der Waals surface area contributed by atoms with Gasteiger partial charge in [0.25, 0.3) is 0 Å². The summed E-state index contributed by atoms with van der Waals surface area (Å²) >= 11 is 1.17. The van der Waals surface area contributed by atoms with Gasteiger partial charge in [-0.25, -0.2) is 0 Å². The van der Waals surface area contributed by atoms with Crippen molar-refractivity contribution in [1.82, 2.24) is 9.88 Å². The molecule has 0 aromatic carbocycles. The van der Waals surface area contributed by atoms with Crippen molar-refractivity contribution >= 4 is 17.3 Å². The number of aromatic nitrogens is 1. The number of aromatic amines is 1. The van der Waals surface area contributed by atoms with Crippen LogP contribution in [0.3, 0.4) is 0 Å². The molecule has 0 spiro atoms. The lowest BCUT2D eigenvalue weighted by atomic mass is 10.2. The number of carbonyl (C=O) groups excluding carboxylic acids is 1. The Kier molecular flexibility index (Phi) is 5.37. The molecule has 0 amide bonds. The predicted octanol–water partition coefficient (Wildman–Crippen LogP) is 0.994. The second-order valence-corrected chi connectivity index (χ2v) is 4.70. The summed E-state index contributed by atoms with van der Waals surface area (Å²) in [5.74, 6) is -0.333. The van der Waals surface area contributed by atoms with Crippen LogP contribution in [-0.4, -0.2) is 36.1 Å². The van der Waals surface area contributed by atoms with E-state index < -0.39 is 0 Å². The van der Waals surface area contributed by atoms with Crippen molar-refractivity contribution in [1.29, 1.82) is 0 Å².